The lowest BCUT2D eigenvalue weighted by Gasteiger charge is -1.97. The summed E-state index contributed by atoms with van der Waals surface area (Å²) in [4.78, 5) is 1.97. The van der Waals surface area contributed by atoms with Gasteiger partial charge in [-0.05, 0) is 4.93 Å². The minimum absolute atomic E-state index is 1.14. The van der Waals surface area contributed by atoms with Crippen molar-refractivity contribution >= 4 is 41.1 Å². The molecule has 0 atom stereocenters. The molecule has 0 nitrogen and oxygen atoms in total. The third-order valence-corrected chi connectivity index (χ3v) is 0. The second-order valence-corrected chi connectivity index (χ2v) is 9.60. The monoisotopic (exact) mass is 250 g/mol. The van der Waals surface area contributed by atoms with Crippen LogP contribution in [0.3, 0.4) is 0 Å². The predicted molar refractivity (Wildman–Crippen MR) is 49.1 cm³/mol. The lowest BCUT2D eigenvalue weighted by molar-refractivity contribution is 1.87. The van der Waals surface area contributed by atoms with Crippen LogP contribution in [0.1, 0.15) is 0 Å². The van der Waals surface area contributed by atoms with Crippen molar-refractivity contribution in [3.8, 4) is 0 Å². The molecule has 7 heavy (non-hydrogen) atoms. The molecule has 0 aliphatic heterocycles. The van der Waals surface area contributed by atoms with Crippen molar-refractivity contribution in [2.45, 2.75) is 19.6 Å². The normalized spacial score (nSPS) is 9.43. The fourth-order valence-electron chi connectivity index (χ4n) is 0. The van der Waals surface area contributed by atoms with E-state index in [1.807, 2.05) is 4.93 Å². The first-order valence-electron chi connectivity index (χ1n) is 2.07. The highest BCUT2D eigenvalue weighted by Gasteiger charge is 2.04. The highest BCUT2D eigenvalue weighted by atomic mass is 127. The Morgan fingerprint density at radius 2 is 1.14 bits per heavy atom. The summed E-state index contributed by atoms with van der Waals surface area (Å²) in [7, 11) is -1.14. The van der Waals surface area contributed by atoms with Gasteiger partial charge in [0.2, 0.25) is 0 Å². The van der Waals surface area contributed by atoms with Crippen molar-refractivity contribution in [3.05, 3.63) is 0 Å². The molecule has 0 radical (unpaired) electrons. The third kappa shape index (κ3) is 130. The standard InChI is InChI=1S/C3H9ClSi.CH3I/c1-5(2,3)4;1-2/h1-3H3;1H3. The molecular weight excluding hydrogens is 238 g/mol. The largest absolute Gasteiger partial charge is 0.168 e. The van der Waals surface area contributed by atoms with E-state index in [0.29, 0.717) is 0 Å². The summed E-state index contributed by atoms with van der Waals surface area (Å²) in [6, 6.07) is 0. The fraction of sp³-hybridized carbons (Fsp3) is 1.00. The zero-order valence-corrected chi connectivity index (χ0v) is 9.17. The topological polar surface area (TPSA) is 0 Å². The Morgan fingerprint density at radius 1 is 1.14 bits per heavy atom. The van der Waals surface area contributed by atoms with Gasteiger partial charge >= 0.3 is 0 Å². The van der Waals surface area contributed by atoms with Gasteiger partial charge in [-0.3, -0.25) is 0 Å². The van der Waals surface area contributed by atoms with Crippen LogP contribution in [0.15, 0.2) is 0 Å². The van der Waals surface area contributed by atoms with E-state index in [2.05, 4.69) is 42.2 Å². The van der Waals surface area contributed by atoms with E-state index in [1.165, 1.54) is 0 Å². The Bertz CT molecular complexity index is 27.2. The Hall–Kier alpha value is 1.24. The molecule has 0 spiro atoms. The quantitative estimate of drug-likeness (QED) is 0.268. The highest BCUT2D eigenvalue weighted by Crippen LogP contribution is 2.03. The molecule has 0 aliphatic carbocycles. The Morgan fingerprint density at radius 3 is 1.14 bits per heavy atom. The molecule has 0 fully saturated rings. The van der Waals surface area contributed by atoms with Gasteiger partial charge in [-0.2, -0.15) is 11.1 Å². The minimum Gasteiger partial charge on any atom is -0.168 e. The minimum atomic E-state index is -1.14. The molecule has 0 saturated carbocycles. The van der Waals surface area contributed by atoms with Crippen LogP contribution in [0.2, 0.25) is 19.6 Å². The molecular formula is C4H12ClISi. The summed E-state index contributed by atoms with van der Waals surface area (Å²) in [6.07, 6.45) is 0. The van der Waals surface area contributed by atoms with Gasteiger partial charge in [0.25, 0.3) is 0 Å². The van der Waals surface area contributed by atoms with Gasteiger partial charge in [0, 0.05) is 0 Å². The van der Waals surface area contributed by atoms with E-state index >= 15 is 0 Å². The van der Waals surface area contributed by atoms with Crippen molar-refractivity contribution in [2.75, 3.05) is 4.93 Å². The molecule has 0 unspecified atom stereocenters. The van der Waals surface area contributed by atoms with Crippen molar-refractivity contribution in [1.82, 2.24) is 0 Å². The molecule has 3 heteroatoms. The first-order chi connectivity index (χ1) is 3.00. The summed E-state index contributed by atoms with van der Waals surface area (Å²) in [6.45, 7) is 6.28. The molecule has 0 amide bonds. The van der Waals surface area contributed by atoms with Crippen LogP contribution in [-0.2, 0) is 0 Å². The van der Waals surface area contributed by atoms with Crippen molar-refractivity contribution < 1.29 is 0 Å². The number of hydrogen-bond acceptors (Lipinski definition) is 0. The van der Waals surface area contributed by atoms with Gasteiger partial charge in [-0.15, -0.1) is 0 Å². The molecule has 0 heterocycles. The zero-order chi connectivity index (χ0) is 6.50. The van der Waals surface area contributed by atoms with E-state index in [9.17, 15) is 0 Å². The van der Waals surface area contributed by atoms with Gasteiger partial charge in [0.15, 0.2) is 0 Å². The van der Waals surface area contributed by atoms with Gasteiger partial charge in [-0.25, -0.2) is 0 Å². The van der Waals surface area contributed by atoms with Crippen molar-refractivity contribution in [3.63, 3.8) is 0 Å². The molecule has 0 rings (SSSR count). The van der Waals surface area contributed by atoms with Crippen LogP contribution in [0.25, 0.3) is 0 Å². The first-order valence-corrected chi connectivity index (χ1v) is 8.74. The second-order valence-electron chi connectivity index (χ2n) is 2.07. The van der Waals surface area contributed by atoms with E-state index in [0.717, 1.165) is 0 Å². The van der Waals surface area contributed by atoms with Crippen LogP contribution in [0, 0.1) is 0 Å². The van der Waals surface area contributed by atoms with Crippen LogP contribution in [-0.4, -0.2) is 12.3 Å². The van der Waals surface area contributed by atoms with E-state index < -0.39 is 7.38 Å². The third-order valence-electron chi connectivity index (χ3n) is 0. The molecule has 46 valence electrons. The maximum absolute atomic E-state index is 5.67. The average molecular weight is 251 g/mol. The highest BCUT2D eigenvalue weighted by molar-refractivity contribution is 14.1. The van der Waals surface area contributed by atoms with Gasteiger partial charge in [0.05, 0.1) is 0 Å². The SMILES string of the molecule is CI.C[Si](C)(C)Cl. The number of alkyl halides is 1. The van der Waals surface area contributed by atoms with E-state index in [4.69, 9.17) is 11.1 Å². The fourth-order valence-corrected chi connectivity index (χ4v) is 0. The molecule has 0 aromatic carbocycles. The summed E-state index contributed by atoms with van der Waals surface area (Å²) < 4.78 is 0. The number of hydrogen-bond donors (Lipinski definition) is 0. The van der Waals surface area contributed by atoms with Crippen LogP contribution >= 0.6 is 33.7 Å². The molecule has 0 aromatic rings. The van der Waals surface area contributed by atoms with E-state index in [1.54, 1.807) is 0 Å². The summed E-state index contributed by atoms with van der Waals surface area (Å²) in [5.41, 5.74) is 0. The molecule has 0 aromatic heterocycles. The van der Waals surface area contributed by atoms with Gasteiger partial charge in [-0.1, -0.05) is 42.2 Å². The summed E-state index contributed by atoms with van der Waals surface area (Å²) >= 11 is 7.82. The summed E-state index contributed by atoms with van der Waals surface area (Å²) in [5, 5.41) is 0. The maximum Gasteiger partial charge on any atom is 0.147 e. The predicted octanol–water partition coefficient (Wildman–Crippen LogP) is 3.11. The summed E-state index contributed by atoms with van der Waals surface area (Å²) in [5.74, 6) is 0. The molecule has 0 bridgehead atoms. The van der Waals surface area contributed by atoms with Crippen LogP contribution < -0.4 is 0 Å². The Labute approximate surface area is 65.5 Å². The maximum atomic E-state index is 5.67. The Kier molecular flexibility index (Phi) is 8.52. The number of halogens is 2. The van der Waals surface area contributed by atoms with Gasteiger partial charge < -0.3 is 0 Å². The lowest BCUT2D eigenvalue weighted by atomic mass is 11.8. The first kappa shape index (κ1) is 11.1. The molecule has 0 N–H and O–H groups in total. The average Bonchev–Trinajstić information content (AvgIpc) is 1.36. The van der Waals surface area contributed by atoms with E-state index in [-0.39, 0.29) is 0 Å². The van der Waals surface area contributed by atoms with Crippen LogP contribution in [0.4, 0.5) is 0 Å². The number of rotatable bonds is 0. The van der Waals surface area contributed by atoms with Crippen LogP contribution in [0.5, 0.6) is 0 Å². The Balaban J connectivity index is 0. The molecule has 0 saturated heterocycles. The molecule has 0 aliphatic rings. The second kappa shape index (κ2) is 5.38. The van der Waals surface area contributed by atoms with Gasteiger partial charge in [0.1, 0.15) is 7.38 Å². The smallest absolute Gasteiger partial charge is 0.147 e. The lowest BCUT2D eigenvalue weighted by Crippen LogP contribution is -2.06. The zero-order valence-electron chi connectivity index (χ0n) is 5.26. The van der Waals surface area contributed by atoms with Crippen molar-refractivity contribution in [1.29, 1.82) is 0 Å². The van der Waals surface area contributed by atoms with Crippen molar-refractivity contribution in [2.24, 2.45) is 0 Å².